The van der Waals surface area contributed by atoms with Gasteiger partial charge in [0.15, 0.2) is 4.21 Å². The minimum Gasteiger partial charge on any atom is -0.249 e. The number of aryl methyl sites for hydroxylation is 1. The largest absolute Gasteiger partial charge is 0.253 e. The number of unbranched alkanes of at least 4 members (excludes halogenated alkanes) is 2. The minimum atomic E-state index is -3.33. The molecule has 4 nitrogen and oxygen atoms in total. The van der Waals surface area contributed by atoms with Crippen LogP contribution in [0.5, 0.6) is 0 Å². The van der Waals surface area contributed by atoms with Crippen LogP contribution in [0.4, 0.5) is 0 Å². The molecule has 98 valence electrons. The van der Waals surface area contributed by atoms with Crippen molar-refractivity contribution in [2.24, 2.45) is 0 Å². The van der Waals surface area contributed by atoms with Crippen molar-refractivity contribution >= 4 is 37.3 Å². The number of thiazole rings is 1. The molecule has 0 saturated carbocycles. The summed E-state index contributed by atoms with van der Waals surface area (Å²) in [6, 6.07) is 0. The Bertz CT molecular complexity index is 445. The van der Waals surface area contributed by atoms with Gasteiger partial charge in [0.25, 0.3) is 10.0 Å². The highest BCUT2D eigenvalue weighted by Gasteiger charge is 2.22. The molecule has 1 aromatic heterocycles. The van der Waals surface area contributed by atoms with Crippen molar-refractivity contribution in [1.82, 2.24) is 9.29 Å². The lowest BCUT2D eigenvalue weighted by molar-refractivity contribution is 0.456. The first kappa shape index (κ1) is 15.1. The normalized spacial score (nSPS) is 12.2. The van der Waals surface area contributed by atoms with Gasteiger partial charge in [-0.3, -0.25) is 0 Å². The Morgan fingerprint density at radius 1 is 1.41 bits per heavy atom. The van der Waals surface area contributed by atoms with E-state index < -0.39 is 10.0 Å². The van der Waals surface area contributed by atoms with E-state index in [2.05, 4.69) is 20.9 Å². The average Bonchev–Trinajstić information content (AvgIpc) is 2.71. The Morgan fingerprint density at radius 3 is 2.65 bits per heavy atom. The summed E-state index contributed by atoms with van der Waals surface area (Å²) in [5, 5.41) is 1.74. The predicted molar refractivity (Wildman–Crippen MR) is 74.3 cm³/mol. The van der Waals surface area contributed by atoms with Gasteiger partial charge in [-0.05, 0) is 19.8 Å². The molecule has 0 unspecified atom stereocenters. The number of sulfonamides is 1. The predicted octanol–water partition coefficient (Wildman–Crippen LogP) is 2.64. The van der Waals surface area contributed by atoms with E-state index in [0.717, 1.165) is 29.6 Å². The Hall–Kier alpha value is 0.0200. The molecule has 1 heterocycles. The molecule has 0 N–H and O–H groups in total. The van der Waals surface area contributed by atoms with Crippen LogP contribution in [-0.4, -0.2) is 36.6 Å². The monoisotopic (exact) mass is 340 g/mol. The number of alkyl halides is 1. The Labute approximate surface area is 115 Å². The van der Waals surface area contributed by atoms with Crippen LogP contribution in [-0.2, 0) is 10.0 Å². The van der Waals surface area contributed by atoms with Crippen molar-refractivity contribution in [3.63, 3.8) is 0 Å². The van der Waals surface area contributed by atoms with E-state index >= 15 is 0 Å². The standard InChI is InChI=1S/C10H17BrN2O2S2/c1-9-12-8-10(16-9)17(14,15)13(2)7-5-3-4-6-11/h8H,3-7H2,1-2H3. The first-order chi connectivity index (χ1) is 7.98. The molecule has 17 heavy (non-hydrogen) atoms. The van der Waals surface area contributed by atoms with Gasteiger partial charge >= 0.3 is 0 Å². The van der Waals surface area contributed by atoms with Gasteiger partial charge in [0.2, 0.25) is 0 Å². The molecule has 0 aliphatic rings. The third-order valence-corrected chi connectivity index (χ3v) is 6.14. The fraction of sp³-hybridized carbons (Fsp3) is 0.700. The Morgan fingerprint density at radius 2 is 2.12 bits per heavy atom. The van der Waals surface area contributed by atoms with Gasteiger partial charge in [0.05, 0.1) is 11.2 Å². The second-order valence-electron chi connectivity index (χ2n) is 3.77. The van der Waals surface area contributed by atoms with E-state index in [4.69, 9.17) is 0 Å². The van der Waals surface area contributed by atoms with Crippen LogP contribution < -0.4 is 0 Å². The first-order valence-corrected chi connectivity index (χ1v) is 8.81. The van der Waals surface area contributed by atoms with E-state index in [-0.39, 0.29) is 0 Å². The molecule has 0 spiro atoms. The van der Waals surface area contributed by atoms with Crippen LogP contribution in [0.1, 0.15) is 24.3 Å². The van der Waals surface area contributed by atoms with Gasteiger partial charge in [0.1, 0.15) is 0 Å². The van der Waals surface area contributed by atoms with Gasteiger partial charge in [-0.25, -0.2) is 17.7 Å². The SMILES string of the molecule is Cc1ncc(S(=O)(=O)N(C)CCCCCBr)s1. The highest BCUT2D eigenvalue weighted by molar-refractivity contribution is 9.09. The van der Waals surface area contributed by atoms with Crippen LogP contribution in [0, 0.1) is 6.92 Å². The zero-order valence-electron chi connectivity index (χ0n) is 10.0. The van der Waals surface area contributed by atoms with E-state index in [1.165, 1.54) is 21.8 Å². The van der Waals surface area contributed by atoms with E-state index in [9.17, 15) is 8.42 Å². The fourth-order valence-electron chi connectivity index (χ4n) is 1.34. The highest BCUT2D eigenvalue weighted by Crippen LogP contribution is 2.21. The lowest BCUT2D eigenvalue weighted by Gasteiger charge is -2.15. The maximum atomic E-state index is 12.1. The maximum Gasteiger partial charge on any atom is 0.253 e. The molecule has 1 rings (SSSR count). The number of nitrogens with zero attached hydrogens (tertiary/aromatic N) is 2. The second kappa shape index (κ2) is 6.82. The molecule has 0 aliphatic carbocycles. The number of hydrogen-bond donors (Lipinski definition) is 0. The fourth-order valence-corrected chi connectivity index (χ4v) is 4.27. The van der Waals surface area contributed by atoms with E-state index in [1.807, 2.05) is 0 Å². The summed E-state index contributed by atoms with van der Waals surface area (Å²) >= 11 is 4.58. The van der Waals surface area contributed by atoms with E-state index in [0.29, 0.717) is 10.8 Å². The summed E-state index contributed by atoms with van der Waals surface area (Å²) in [4.78, 5) is 3.98. The van der Waals surface area contributed by atoms with Crippen LogP contribution >= 0.6 is 27.3 Å². The third kappa shape index (κ3) is 4.31. The van der Waals surface area contributed by atoms with Crippen LogP contribution in [0.2, 0.25) is 0 Å². The van der Waals surface area contributed by atoms with Crippen molar-refractivity contribution in [3.8, 4) is 0 Å². The molecule has 0 amide bonds. The summed E-state index contributed by atoms with van der Waals surface area (Å²) in [7, 11) is -1.70. The average molecular weight is 341 g/mol. The smallest absolute Gasteiger partial charge is 0.249 e. The van der Waals surface area contributed by atoms with Crippen molar-refractivity contribution < 1.29 is 8.42 Å². The molecule has 0 bridgehead atoms. The summed E-state index contributed by atoms with van der Waals surface area (Å²) in [6.45, 7) is 2.37. The number of aromatic nitrogens is 1. The quantitative estimate of drug-likeness (QED) is 0.566. The van der Waals surface area contributed by atoms with Crippen molar-refractivity contribution in [2.75, 3.05) is 18.9 Å². The third-order valence-electron chi connectivity index (χ3n) is 2.37. The highest BCUT2D eigenvalue weighted by atomic mass is 79.9. The molecule has 7 heteroatoms. The minimum absolute atomic E-state index is 0.331. The zero-order chi connectivity index (χ0) is 12.9. The van der Waals surface area contributed by atoms with Crippen LogP contribution in [0.3, 0.4) is 0 Å². The topological polar surface area (TPSA) is 50.3 Å². The second-order valence-corrected chi connectivity index (χ2v) is 8.07. The van der Waals surface area contributed by atoms with Gasteiger partial charge < -0.3 is 0 Å². The van der Waals surface area contributed by atoms with Crippen LogP contribution in [0.15, 0.2) is 10.4 Å². The van der Waals surface area contributed by atoms with Crippen molar-refractivity contribution in [1.29, 1.82) is 0 Å². The van der Waals surface area contributed by atoms with Gasteiger partial charge in [0, 0.05) is 18.9 Å². The molecular weight excluding hydrogens is 324 g/mol. The van der Waals surface area contributed by atoms with Gasteiger partial charge in [-0.15, -0.1) is 11.3 Å². The lowest BCUT2D eigenvalue weighted by Crippen LogP contribution is -2.27. The molecule has 0 radical (unpaired) electrons. The van der Waals surface area contributed by atoms with Crippen molar-refractivity contribution in [3.05, 3.63) is 11.2 Å². The summed E-state index contributed by atoms with van der Waals surface area (Å²) in [6.07, 6.45) is 4.43. The summed E-state index contributed by atoms with van der Waals surface area (Å²) in [5.74, 6) is 0. The molecule has 0 aliphatic heterocycles. The molecule has 0 fully saturated rings. The zero-order valence-corrected chi connectivity index (χ0v) is 13.2. The first-order valence-electron chi connectivity index (χ1n) is 5.43. The van der Waals surface area contributed by atoms with Gasteiger partial charge in [-0.1, -0.05) is 22.4 Å². The van der Waals surface area contributed by atoms with Crippen molar-refractivity contribution in [2.45, 2.75) is 30.4 Å². The van der Waals surface area contributed by atoms with Crippen LogP contribution in [0.25, 0.3) is 0 Å². The molecule has 1 aromatic rings. The van der Waals surface area contributed by atoms with Gasteiger partial charge in [-0.2, -0.15) is 0 Å². The Balaban J connectivity index is 2.58. The summed E-state index contributed by atoms with van der Waals surface area (Å²) < 4.78 is 25.9. The molecular formula is C10H17BrN2O2S2. The molecule has 0 saturated heterocycles. The number of rotatable bonds is 7. The van der Waals surface area contributed by atoms with E-state index in [1.54, 1.807) is 14.0 Å². The molecule has 0 atom stereocenters. The lowest BCUT2D eigenvalue weighted by atomic mass is 10.2. The summed E-state index contributed by atoms with van der Waals surface area (Å²) in [5.41, 5.74) is 0. The number of halogens is 1. The Kier molecular flexibility index (Phi) is 6.05. The maximum absolute atomic E-state index is 12.1. The molecule has 0 aromatic carbocycles. The number of hydrogen-bond acceptors (Lipinski definition) is 4.